The highest BCUT2D eigenvalue weighted by atomic mass is 28.3. The van der Waals surface area contributed by atoms with Gasteiger partial charge in [0.25, 0.3) is 0 Å². The van der Waals surface area contributed by atoms with Crippen LogP contribution in [0.25, 0.3) is 0 Å². The first-order valence-electron chi connectivity index (χ1n) is 5.68. The number of hydrogen-bond donors (Lipinski definition) is 0. The van der Waals surface area contributed by atoms with Crippen LogP contribution in [0.2, 0.25) is 18.1 Å². The summed E-state index contributed by atoms with van der Waals surface area (Å²) in [5.74, 6) is 0.757. The van der Waals surface area contributed by atoms with Gasteiger partial charge in [0.2, 0.25) is 0 Å². The van der Waals surface area contributed by atoms with E-state index in [1.165, 1.54) is 0 Å². The summed E-state index contributed by atoms with van der Waals surface area (Å²) in [6.07, 6.45) is 0.908. The number of furan rings is 1. The smallest absolute Gasteiger partial charge is 0.153 e. The van der Waals surface area contributed by atoms with Gasteiger partial charge in [0.15, 0.2) is 6.29 Å². The predicted octanol–water partition coefficient (Wildman–Crippen LogP) is 3.42. The van der Waals surface area contributed by atoms with Gasteiger partial charge in [-0.15, -0.1) is 0 Å². The summed E-state index contributed by atoms with van der Waals surface area (Å²) < 4.78 is 5.86. The van der Waals surface area contributed by atoms with Crippen molar-refractivity contribution in [1.82, 2.24) is 0 Å². The molecule has 0 spiro atoms. The first-order chi connectivity index (χ1) is 7.13. The summed E-state index contributed by atoms with van der Waals surface area (Å²) in [4.78, 5) is 11.0. The number of aryl methyl sites for hydroxylation is 1. The van der Waals surface area contributed by atoms with Gasteiger partial charge in [-0.3, -0.25) is 4.79 Å². The van der Waals surface area contributed by atoms with Crippen molar-refractivity contribution in [3.63, 3.8) is 0 Å². The average Bonchev–Trinajstić information content (AvgIpc) is 2.40. The Balaban J connectivity index is 3.40. The lowest BCUT2D eigenvalue weighted by Crippen LogP contribution is -2.49. The second-order valence-corrected chi connectivity index (χ2v) is 11.2. The van der Waals surface area contributed by atoms with Crippen LogP contribution in [0, 0.1) is 13.8 Å². The van der Waals surface area contributed by atoms with Gasteiger partial charge in [-0.05, 0) is 24.4 Å². The molecule has 0 aromatic carbocycles. The monoisotopic (exact) mass is 238 g/mol. The third-order valence-corrected chi connectivity index (χ3v) is 9.30. The molecule has 0 aliphatic heterocycles. The van der Waals surface area contributed by atoms with E-state index in [1.54, 1.807) is 0 Å². The van der Waals surface area contributed by atoms with Crippen LogP contribution in [0.1, 0.15) is 42.5 Å². The van der Waals surface area contributed by atoms with Crippen LogP contribution >= 0.6 is 0 Å². The molecule has 0 aliphatic carbocycles. The molecule has 90 valence electrons. The van der Waals surface area contributed by atoms with Gasteiger partial charge < -0.3 is 4.42 Å². The highest BCUT2D eigenvalue weighted by molar-refractivity contribution is 6.91. The average molecular weight is 238 g/mol. The summed E-state index contributed by atoms with van der Waals surface area (Å²) in [7, 11) is -1.68. The van der Waals surface area contributed by atoms with Crippen LogP contribution in [0.15, 0.2) is 4.42 Å². The number of carbonyl (C=O) groups is 1. The molecule has 3 heteroatoms. The molecule has 0 aliphatic rings. The molecule has 0 saturated carbocycles. The molecule has 0 radical (unpaired) electrons. The number of aldehydes is 1. The molecule has 0 N–H and O–H groups in total. The van der Waals surface area contributed by atoms with Crippen molar-refractivity contribution in [3.8, 4) is 0 Å². The fraction of sp³-hybridized carbons (Fsp3) is 0.615. The summed E-state index contributed by atoms with van der Waals surface area (Å²) in [6.45, 7) is 15.2. The maximum Gasteiger partial charge on any atom is 0.153 e. The molecule has 1 aromatic heterocycles. The standard InChI is InChI=1S/C13H22O2Si/c1-9-11(8-14)10(2)15-12(9)16(6,7)13(3,4)5/h8H,1-7H3. The van der Waals surface area contributed by atoms with Crippen LogP contribution in [0.5, 0.6) is 0 Å². The second kappa shape index (κ2) is 3.88. The van der Waals surface area contributed by atoms with Gasteiger partial charge in [0.1, 0.15) is 13.8 Å². The van der Waals surface area contributed by atoms with Crippen molar-refractivity contribution in [2.75, 3.05) is 0 Å². The zero-order chi connectivity index (χ0) is 12.7. The maximum atomic E-state index is 11.0. The predicted molar refractivity (Wildman–Crippen MR) is 70.4 cm³/mol. The third-order valence-electron chi connectivity index (χ3n) is 3.94. The molecule has 16 heavy (non-hydrogen) atoms. The summed E-state index contributed by atoms with van der Waals surface area (Å²) in [5, 5.41) is 1.29. The number of carbonyl (C=O) groups excluding carboxylic acids is 1. The Morgan fingerprint density at radius 3 is 2.00 bits per heavy atom. The molecule has 0 atom stereocenters. The Kier molecular flexibility index (Phi) is 3.21. The molecular formula is C13H22O2Si. The molecular weight excluding hydrogens is 216 g/mol. The van der Waals surface area contributed by atoms with Gasteiger partial charge in [0.05, 0.1) is 10.9 Å². The lowest BCUT2D eigenvalue weighted by molar-refractivity contribution is 0.112. The fourth-order valence-corrected chi connectivity index (χ4v) is 3.94. The number of hydrogen-bond acceptors (Lipinski definition) is 2. The minimum Gasteiger partial charge on any atom is -0.470 e. The normalized spacial score (nSPS) is 12.9. The van der Waals surface area contributed by atoms with E-state index >= 15 is 0 Å². The fourth-order valence-electron chi connectivity index (χ4n) is 1.78. The largest absolute Gasteiger partial charge is 0.470 e. The van der Waals surface area contributed by atoms with Gasteiger partial charge in [-0.25, -0.2) is 0 Å². The van der Waals surface area contributed by atoms with E-state index in [2.05, 4.69) is 33.9 Å². The van der Waals surface area contributed by atoms with Crippen molar-refractivity contribution in [2.24, 2.45) is 0 Å². The van der Waals surface area contributed by atoms with Gasteiger partial charge in [-0.2, -0.15) is 0 Å². The lowest BCUT2D eigenvalue weighted by Gasteiger charge is -2.35. The van der Waals surface area contributed by atoms with E-state index in [9.17, 15) is 4.79 Å². The van der Waals surface area contributed by atoms with E-state index in [1.807, 2.05) is 13.8 Å². The quantitative estimate of drug-likeness (QED) is 0.584. The van der Waals surface area contributed by atoms with Crippen LogP contribution < -0.4 is 5.38 Å². The van der Waals surface area contributed by atoms with Crippen molar-refractivity contribution in [2.45, 2.75) is 52.8 Å². The van der Waals surface area contributed by atoms with E-state index in [4.69, 9.17) is 4.42 Å². The van der Waals surface area contributed by atoms with Crippen molar-refractivity contribution in [1.29, 1.82) is 0 Å². The summed E-state index contributed by atoms with van der Waals surface area (Å²) in [6, 6.07) is 0. The molecule has 0 saturated heterocycles. The van der Waals surface area contributed by atoms with Crippen molar-refractivity contribution < 1.29 is 9.21 Å². The Morgan fingerprint density at radius 1 is 1.19 bits per heavy atom. The third kappa shape index (κ3) is 1.88. The van der Waals surface area contributed by atoms with Crippen LogP contribution in [0.3, 0.4) is 0 Å². The highest BCUT2D eigenvalue weighted by Crippen LogP contribution is 2.37. The van der Waals surface area contributed by atoms with Gasteiger partial charge in [-0.1, -0.05) is 33.9 Å². The van der Waals surface area contributed by atoms with Crippen LogP contribution in [0.4, 0.5) is 0 Å². The Bertz CT molecular complexity index is 408. The first kappa shape index (κ1) is 13.2. The van der Waals surface area contributed by atoms with E-state index in [-0.39, 0.29) is 5.04 Å². The molecule has 0 fully saturated rings. The van der Waals surface area contributed by atoms with Gasteiger partial charge in [0, 0.05) is 0 Å². The maximum absolute atomic E-state index is 11.0. The van der Waals surface area contributed by atoms with Crippen molar-refractivity contribution in [3.05, 3.63) is 16.9 Å². The molecule has 0 bridgehead atoms. The molecule has 0 unspecified atom stereocenters. The summed E-state index contributed by atoms with van der Waals surface area (Å²) in [5.41, 5.74) is 1.78. The topological polar surface area (TPSA) is 30.2 Å². The highest BCUT2D eigenvalue weighted by Gasteiger charge is 2.41. The summed E-state index contributed by atoms with van der Waals surface area (Å²) >= 11 is 0. The SMILES string of the molecule is Cc1oc([Si](C)(C)C(C)(C)C)c(C)c1C=O. The molecule has 1 heterocycles. The van der Waals surface area contributed by atoms with E-state index < -0.39 is 8.07 Å². The van der Waals surface area contributed by atoms with Crippen LogP contribution in [-0.2, 0) is 0 Å². The Morgan fingerprint density at radius 2 is 1.69 bits per heavy atom. The van der Waals surface area contributed by atoms with E-state index in [0.717, 1.165) is 28.6 Å². The van der Waals surface area contributed by atoms with Crippen LogP contribution in [-0.4, -0.2) is 14.4 Å². The minimum atomic E-state index is -1.68. The van der Waals surface area contributed by atoms with Gasteiger partial charge >= 0.3 is 0 Å². The minimum absolute atomic E-state index is 0.224. The zero-order valence-corrected chi connectivity index (χ0v) is 12.4. The molecule has 1 rings (SSSR count). The lowest BCUT2D eigenvalue weighted by atomic mass is 10.2. The zero-order valence-electron chi connectivity index (χ0n) is 11.4. The van der Waals surface area contributed by atoms with E-state index in [0.29, 0.717) is 0 Å². The molecule has 1 aromatic rings. The van der Waals surface area contributed by atoms with Crippen molar-refractivity contribution >= 4 is 19.7 Å². The first-order valence-corrected chi connectivity index (χ1v) is 8.68. The Labute approximate surface area is 99.1 Å². The molecule has 2 nitrogen and oxygen atoms in total. The second-order valence-electron chi connectivity index (χ2n) is 6.02. The number of rotatable bonds is 2. The Hall–Kier alpha value is -0.833. The molecule has 0 amide bonds.